The Balaban J connectivity index is 2.59. The molecule has 0 aliphatic rings. The second-order valence-electron chi connectivity index (χ2n) is 4.08. The van der Waals surface area contributed by atoms with E-state index < -0.39 is 5.63 Å². The monoisotopic (exact) mass is 279 g/mol. The van der Waals surface area contributed by atoms with Crippen molar-refractivity contribution in [3.05, 3.63) is 45.3 Å². The molecule has 2 aromatic rings. The van der Waals surface area contributed by atoms with E-state index in [-0.39, 0.29) is 11.5 Å². The Labute approximate surface area is 115 Å². The number of benzene rings is 1. The van der Waals surface area contributed by atoms with Crippen molar-refractivity contribution in [1.29, 1.82) is 0 Å². The van der Waals surface area contributed by atoms with E-state index in [1.807, 2.05) is 13.8 Å². The molecule has 19 heavy (non-hydrogen) atoms. The van der Waals surface area contributed by atoms with Crippen LogP contribution in [0.5, 0.6) is 0 Å². The highest BCUT2D eigenvalue weighted by atomic mass is 35.5. The van der Waals surface area contributed by atoms with Crippen LogP contribution in [0.4, 0.5) is 0 Å². The van der Waals surface area contributed by atoms with Gasteiger partial charge in [-0.15, -0.1) is 0 Å². The minimum atomic E-state index is -0.655. The molecule has 0 saturated heterocycles. The zero-order valence-corrected chi connectivity index (χ0v) is 11.5. The molecule has 4 nitrogen and oxygen atoms in total. The normalized spacial score (nSPS) is 10.7. The summed E-state index contributed by atoms with van der Waals surface area (Å²) < 4.78 is 5.15. The van der Waals surface area contributed by atoms with Gasteiger partial charge in [-0.1, -0.05) is 23.7 Å². The van der Waals surface area contributed by atoms with Crippen LogP contribution < -0.4 is 5.63 Å². The number of hydrogen-bond donors (Lipinski definition) is 0. The van der Waals surface area contributed by atoms with Gasteiger partial charge in [0.25, 0.3) is 5.91 Å². The molecule has 0 saturated carbocycles. The first-order valence-corrected chi connectivity index (χ1v) is 6.48. The molecule has 0 radical (unpaired) electrons. The van der Waals surface area contributed by atoms with Crippen LogP contribution in [0.25, 0.3) is 11.0 Å². The molecule has 1 aromatic carbocycles. The number of halogens is 1. The number of hydrogen-bond acceptors (Lipinski definition) is 3. The Hall–Kier alpha value is -1.81. The summed E-state index contributed by atoms with van der Waals surface area (Å²) in [5, 5.41) is 0.999. The molecule has 2 rings (SSSR count). The average Bonchev–Trinajstić information content (AvgIpc) is 2.40. The quantitative estimate of drug-likeness (QED) is 0.812. The third-order valence-electron chi connectivity index (χ3n) is 2.99. The first-order chi connectivity index (χ1) is 9.08. The van der Waals surface area contributed by atoms with Crippen LogP contribution in [0, 0.1) is 0 Å². The molecule has 5 heteroatoms. The van der Waals surface area contributed by atoms with Gasteiger partial charge in [0.2, 0.25) is 0 Å². The standard InChI is InChI=1S/C14H14ClNO3/c1-3-16(4-2)13(17)10-8-9-6-5-7-11(15)12(9)19-14(10)18/h5-8H,3-4H2,1-2H3. The summed E-state index contributed by atoms with van der Waals surface area (Å²) in [6.07, 6.45) is 0. The molecule has 0 fully saturated rings. The van der Waals surface area contributed by atoms with Crippen LogP contribution in [0.3, 0.4) is 0 Å². The van der Waals surface area contributed by atoms with Crippen LogP contribution in [-0.4, -0.2) is 23.9 Å². The van der Waals surface area contributed by atoms with Crippen molar-refractivity contribution in [2.24, 2.45) is 0 Å². The van der Waals surface area contributed by atoms with Crippen molar-refractivity contribution in [1.82, 2.24) is 4.90 Å². The lowest BCUT2D eigenvalue weighted by Crippen LogP contribution is -2.33. The largest absolute Gasteiger partial charge is 0.421 e. The Morgan fingerprint density at radius 3 is 2.63 bits per heavy atom. The van der Waals surface area contributed by atoms with Gasteiger partial charge in [-0.3, -0.25) is 4.79 Å². The van der Waals surface area contributed by atoms with E-state index in [0.717, 1.165) is 0 Å². The zero-order valence-electron chi connectivity index (χ0n) is 10.8. The number of amides is 1. The molecule has 0 spiro atoms. The van der Waals surface area contributed by atoms with E-state index in [4.69, 9.17) is 16.0 Å². The van der Waals surface area contributed by atoms with Crippen molar-refractivity contribution in [3.8, 4) is 0 Å². The van der Waals surface area contributed by atoms with Crippen LogP contribution in [0.15, 0.2) is 33.5 Å². The van der Waals surface area contributed by atoms with Gasteiger partial charge < -0.3 is 9.32 Å². The van der Waals surface area contributed by atoms with Crippen molar-refractivity contribution < 1.29 is 9.21 Å². The summed E-state index contributed by atoms with van der Waals surface area (Å²) in [6.45, 7) is 4.81. The maximum Gasteiger partial charge on any atom is 0.349 e. The summed E-state index contributed by atoms with van der Waals surface area (Å²) in [4.78, 5) is 25.7. The van der Waals surface area contributed by atoms with Crippen LogP contribution in [0.1, 0.15) is 24.2 Å². The van der Waals surface area contributed by atoms with E-state index in [1.54, 1.807) is 23.1 Å². The number of carbonyl (C=O) groups excluding carboxylic acids is 1. The average molecular weight is 280 g/mol. The summed E-state index contributed by atoms with van der Waals surface area (Å²) in [6, 6.07) is 6.67. The Morgan fingerprint density at radius 2 is 2.00 bits per heavy atom. The van der Waals surface area contributed by atoms with Gasteiger partial charge in [-0.2, -0.15) is 0 Å². The maximum atomic E-state index is 12.2. The van der Waals surface area contributed by atoms with E-state index in [2.05, 4.69) is 0 Å². The van der Waals surface area contributed by atoms with E-state index in [9.17, 15) is 9.59 Å². The van der Waals surface area contributed by atoms with Crippen LogP contribution in [0.2, 0.25) is 5.02 Å². The topological polar surface area (TPSA) is 50.5 Å². The number of fused-ring (bicyclic) bond motifs is 1. The van der Waals surface area contributed by atoms with Gasteiger partial charge in [0.05, 0.1) is 5.02 Å². The molecule has 0 aliphatic heterocycles. The zero-order chi connectivity index (χ0) is 14.0. The third-order valence-corrected chi connectivity index (χ3v) is 3.29. The Kier molecular flexibility index (Phi) is 3.90. The summed E-state index contributed by atoms with van der Waals surface area (Å²) in [5.74, 6) is -0.319. The number of para-hydroxylation sites is 1. The lowest BCUT2D eigenvalue weighted by Gasteiger charge is -2.17. The highest BCUT2D eigenvalue weighted by Crippen LogP contribution is 2.22. The molecule has 0 unspecified atom stereocenters. The van der Waals surface area contributed by atoms with Crippen molar-refractivity contribution >= 4 is 28.5 Å². The first-order valence-electron chi connectivity index (χ1n) is 6.10. The predicted octanol–water partition coefficient (Wildman–Crippen LogP) is 2.93. The molecule has 0 bridgehead atoms. The SMILES string of the molecule is CCN(CC)C(=O)c1cc2cccc(Cl)c2oc1=O. The minimum Gasteiger partial charge on any atom is -0.421 e. The second kappa shape index (κ2) is 5.45. The van der Waals surface area contributed by atoms with Crippen molar-refractivity contribution in [2.75, 3.05) is 13.1 Å². The fourth-order valence-corrected chi connectivity index (χ4v) is 2.16. The predicted molar refractivity (Wildman–Crippen MR) is 74.7 cm³/mol. The van der Waals surface area contributed by atoms with Gasteiger partial charge >= 0.3 is 5.63 Å². The summed E-state index contributed by atoms with van der Waals surface area (Å²) in [7, 11) is 0. The van der Waals surface area contributed by atoms with E-state index in [1.165, 1.54) is 6.07 Å². The smallest absolute Gasteiger partial charge is 0.349 e. The fourth-order valence-electron chi connectivity index (χ4n) is 1.94. The highest BCUT2D eigenvalue weighted by molar-refractivity contribution is 6.34. The Bertz CT molecular complexity index is 674. The summed E-state index contributed by atoms with van der Waals surface area (Å²) in [5.41, 5.74) is -0.304. The molecule has 0 atom stereocenters. The van der Waals surface area contributed by atoms with E-state index in [0.29, 0.717) is 29.1 Å². The number of rotatable bonds is 3. The van der Waals surface area contributed by atoms with Crippen LogP contribution in [-0.2, 0) is 0 Å². The van der Waals surface area contributed by atoms with Crippen LogP contribution >= 0.6 is 11.6 Å². The summed E-state index contributed by atoms with van der Waals surface area (Å²) >= 11 is 5.95. The van der Waals surface area contributed by atoms with Gasteiger partial charge in [0, 0.05) is 18.5 Å². The number of nitrogens with zero attached hydrogens (tertiary/aromatic N) is 1. The van der Waals surface area contributed by atoms with Crippen molar-refractivity contribution in [3.63, 3.8) is 0 Å². The van der Waals surface area contributed by atoms with Gasteiger partial charge in [0.15, 0.2) is 5.58 Å². The third kappa shape index (κ3) is 2.49. The molecule has 1 aromatic heterocycles. The molecular formula is C14H14ClNO3. The Morgan fingerprint density at radius 1 is 1.32 bits per heavy atom. The van der Waals surface area contributed by atoms with E-state index >= 15 is 0 Å². The maximum absolute atomic E-state index is 12.2. The lowest BCUT2D eigenvalue weighted by atomic mass is 10.1. The minimum absolute atomic E-state index is 0.0402. The van der Waals surface area contributed by atoms with Crippen molar-refractivity contribution in [2.45, 2.75) is 13.8 Å². The number of carbonyl (C=O) groups is 1. The molecular weight excluding hydrogens is 266 g/mol. The fraction of sp³-hybridized carbons (Fsp3) is 0.286. The molecule has 1 heterocycles. The van der Waals surface area contributed by atoms with Gasteiger partial charge in [-0.05, 0) is 26.0 Å². The molecule has 100 valence electrons. The first kappa shape index (κ1) is 13.6. The van der Waals surface area contributed by atoms with Gasteiger partial charge in [-0.25, -0.2) is 4.79 Å². The lowest BCUT2D eigenvalue weighted by molar-refractivity contribution is 0.0769. The second-order valence-corrected chi connectivity index (χ2v) is 4.49. The molecule has 1 amide bonds. The molecule has 0 N–H and O–H groups in total. The molecule has 0 aliphatic carbocycles. The van der Waals surface area contributed by atoms with Gasteiger partial charge in [0.1, 0.15) is 5.56 Å². The highest BCUT2D eigenvalue weighted by Gasteiger charge is 2.18.